The van der Waals surface area contributed by atoms with E-state index in [0.717, 1.165) is 11.4 Å². The van der Waals surface area contributed by atoms with Gasteiger partial charge in [0, 0.05) is 18.1 Å². The fraction of sp³-hybridized carbons (Fsp3) is 0.227. The Morgan fingerprint density at radius 1 is 1.20 bits per heavy atom. The first-order valence-corrected chi connectivity index (χ1v) is 10.1. The molecule has 0 bridgehead atoms. The van der Waals surface area contributed by atoms with Gasteiger partial charge in [-0.3, -0.25) is 9.78 Å². The van der Waals surface area contributed by atoms with E-state index in [9.17, 15) is 9.18 Å². The molecule has 3 aromatic rings. The highest BCUT2D eigenvalue weighted by atomic mass is 32.1. The van der Waals surface area contributed by atoms with E-state index in [2.05, 4.69) is 10.3 Å². The zero-order valence-electron chi connectivity index (χ0n) is 16.4. The largest absolute Gasteiger partial charge is 0.465 e. The highest BCUT2D eigenvalue weighted by Gasteiger charge is 2.42. The van der Waals surface area contributed by atoms with Crippen LogP contribution in [0.15, 0.2) is 67.0 Å². The van der Waals surface area contributed by atoms with E-state index >= 15 is 0 Å². The van der Waals surface area contributed by atoms with Gasteiger partial charge < -0.3 is 19.5 Å². The highest BCUT2D eigenvalue weighted by molar-refractivity contribution is 7.80. The molecule has 4 rings (SSSR count). The van der Waals surface area contributed by atoms with Crippen molar-refractivity contribution in [3.63, 3.8) is 0 Å². The number of halogens is 1. The summed E-state index contributed by atoms with van der Waals surface area (Å²) in [6.45, 7) is 2.03. The third kappa shape index (κ3) is 3.78. The van der Waals surface area contributed by atoms with Gasteiger partial charge in [0.05, 0.1) is 30.1 Å². The minimum atomic E-state index is -0.383. The predicted octanol–water partition coefficient (Wildman–Crippen LogP) is 3.55. The molecule has 0 aliphatic carbocycles. The highest BCUT2D eigenvalue weighted by Crippen LogP contribution is 2.39. The summed E-state index contributed by atoms with van der Waals surface area (Å²) in [5, 5.41) is 3.70. The maximum atomic E-state index is 14.6. The fourth-order valence-corrected chi connectivity index (χ4v) is 4.05. The maximum absolute atomic E-state index is 14.6. The Labute approximate surface area is 179 Å². The first-order valence-electron chi connectivity index (χ1n) is 9.66. The van der Waals surface area contributed by atoms with E-state index in [1.807, 2.05) is 30.3 Å². The van der Waals surface area contributed by atoms with Crippen LogP contribution in [0.1, 0.15) is 30.4 Å². The van der Waals surface area contributed by atoms with Crippen LogP contribution in [0.5, 0.6) is 0 Å². The van der Waals surface area contributed by atoms with Crippen molar-refractivity contribution in [2.75, 3.05) is 13.2 Å². The van der Waals surface area contributed by atoms with Gasteiger partial charge in [0.25, 0.3) is 0 Å². The van der Waals surface area contributed by atoms with Gasteiger partial charge in [0.15, 0.2) is 5.11 Å². The smallest absolute Gasteiger partial charge is 0.325 e. The third-order valence-corrected chi connectivity index (χ3v) is 5.35. The zero-order chi connectivity index (χ0) is 21.1. The van der Waals surface area contributed by atoms with Crippen molar-refractivity contribution in [3.05, 3.63) is 84.2 Å². The topological polar surface area (TPSA) is 59.4 Å². The number of rotatable bonds is 6. The van der Waals surface area contributed by atoms with Crippen molar-refractivity contribution in [2.45, 2.75) is 19.0 Å². The first-order chi connectivity index (χ1) is 14.6. The normalized spacial score (nSPS) is 18.3. The standard InChI is InChI=1S/C22H21FN4O2S/c1-2-29-19(28)14-27-21(20(25-22(27)30)16-9-5-6-12-24-16)18-11-7-13-26(18)17-10-4-3-8-15(17)23/h3-13,20-21H,2,14H2,1H3,(H,25,30)/t20-,21-/m0/s1. The second kappa shape index (κ2) is 8.62. The molecule has 8 heteroatoms. The third-order valence-electron chi connectivity index (χ3n) is 5.00. The predicted molar refractivity (Wildman–Crippen MR) is 115 cm³/mol. The number of carbonyl (C=O) groups is 1. The molecule has 2 atom stereocenters. The maximum Gasteiger partial charge on any atom is 0.325 e. The van der Waals surface area contributed by atoms with Crippen LogP contribution in [-0.2, 0) is 9.53 Å². The summed E-state index contributed by atoms with van der Waals surface area (Å²) < 4.78 is 21.5. The van der Waals surface area contributed by atoms with Crippen LogP contribution in [0.3, 0.4) is 0 Å². The van der Waals surface area contributed by atoms with Crippen molar-refractivity contribution in [1.82, 2.24) is 19.8 Å². The van der Waals surface area contributed by atoms with Crippen molar-refractivity contribution in [3.8, 4) is 5.69 Å². The number of hydrogen-bond acceptors (Lipinski definition) is 4. The number of carbonyl (C=O) groups excluding carboxylic acids is 1. The molecule has 1 aliphatic heterocycles. The van der Waals surface area contributed by atoms with Gasteiger partial charge in [0.2, 0.25) is 0 Å². The summed E-state index contributed by atoms with van der Waals surface area (Å²) in [6, 6.07) is 15.3. The van der Waals surface area contributed by atoms with E-state index in [4.69, 9.17) is 17.0 Å². The van der Waals surface area contributed by atoms with Crippen LogP contribution in [0.2, 0.25) is 0 Å². The molecular weight excluding hydrogens is 403 g/mol. The fourth-order valence-electron chi connectivity index (χ4n) is 3.74. The Morgan fingerprint density at radius 2 is 2.00 bits per heavy atom. The number of nitrogens with zero attached hydrogens (tertiary/aromatic N) is 3. The Hall–Kier alpha value is -3.26. The number of esters is 1. The molecular formula is C22H21FN4O2S. The van der Waals surface area contributed by atoms with Gasteiger partial charge in [-0.2, -0.15) is 0 Å². The molecule has 154 valence electrons. The molecule has 2 aromatic heterocycles. The van der Waals surface area contributed by atoms with E-state index in [0.29, 0.717) is 10.8 Å². The zero-order valence-corrected chi connectivity index (χ0v) is 17.2. The second-order valence-corrected chi connectivity index (χ2v) is 7.20. The minimum Gasteiger partial charge on any atom is -0.465 e. The van der Waals surface area contributed by atoms with Gasteiger partial charge in [-0.25, -0.2) is 4.39 Å². The molecule has 1 aliphatic rings. The molecule has 0 radical (unpaired) electrons. The number of hydrogen-bond donors (Lipinski definition) is 1. The van der Waals surface area contributed by atoms with E-state index in [-0.39, 0.29) is 37.0 Å². The van der Waals surface area contributed by atoms with Gasteiger partial charge in [0.1, 0.15) is 12.4 Å². The number of nitrogens with one attached hydrogen (secondary N) is 1. The van der Waals surface area contributed by atoms with Crippen molar-refractivity contribution in [2.24, 2.45) is 0 Å². The number of ether oxygens (including phenoxy) is 1. The number of aromatic nitrogens is 2. The van der Waals surface area contributed by atoms with Crippen molar-refractivity contribution < 1.29 is 13.9 Å². The van der Waals surface area contributed by atoms with E-state index < -0.39 is 0 Å². The molecule has 0 spiro atoms. The molecule has 30 heavy (non-hydrogen) atoms. The lowest BCUT2D eigenvalue weighted by Crippen LogP contribution is -2.36. The van der Waals surface area contributed by atoms with Crippen LogP contribution < -0.4 is 5.32 Å². The van der Waals surface area contributed by atoms with Gasteiger partial charge in [-0.05, 0) is 55.5 Å². The second-order valence-electron chi connectivity index (χ2n) is 6.81. The lowest BCUT2D eigenvalue weighted by Gasteiger charge is -2.28. The summed E-state index contributed by atoms with van der Waals surface area (Å²) in [5.74, 6) is -0.716. The van der Waals surface area contributed by atoms with Crippen molar-refractivity contribution >= 4 is 23.3 Å². The first kappa shape index (κ1) is 20.0. The summed E-state index contributed by atoms with van der Waals surface area (Å²) in [5.41, 5.74) is 1.98. The monoisotopic (exact) mass is 424 g/mol. The quantitative estimate of drug-likeness (QED) is 0.483. The lowest BCUT2D eigenvalue weighted by atomic mass is 10.0. The lowest BCUT2D eigenvalue weighted by molar-refractivity contribution is -0.143. The molecule has 3 heterocycles. The van der Waals surface area contributed by atoms with Gasteiger partial charge >= 0.3 is 5.97 Å². The molecule has 0 saturated carbocycles. The number of thiocarbonyl (C=S) groups is 1. The average molecular weight is 425 g/mol. The molecule has 0 unspecified atom stereocenters. The minimum absolute atomic E-state index is 0.0177. The molecule has 1 aromatic carbocycles. The molecule has 1 N–H and O–H groups in total. The summed E-state index contributed by atoms with van der Waals surface area (Å²) in [4.78, 5) is 18.5. The van der Waals surface area contributed by atoms with Crippen LogP contribution in [0.25, 0.3) is 5.69 Å². The SMILES string of the molecule is CCOC(=O)CN1C(=S)N[C@@H](c2ccccn2)[C@@H]1c1cccn1-c1ccccc1F. The van der Waals surface area contributed by atoms with E-state index in [1.165, 1.54) is 6.07 Å². The van der Waals surface area contributed by atoms with Crippen molar-refractivity contribution in [1.29, 1.82) is 0 Å². The van der Waals surface area contributed by atoms with Crippen LogP contribution in [0.4, 0.5) is 4.39 Å². The number of para-hydroxylation sites is 1. The number of benzene rings is 1. The molecule has 6 nitrogen and oxygen atoms in total. The Balaban J connectivity index is 1.80. The summed E-state index contributed by atoms with van der Waals surface area (Å²) in [7, 11) is 0. The number of pyridine rings is 1. The van der Waals surface area contributed by atoms with Crippen LogP contribution >= 0.6 is 12.2 Å². The molecule has 0 amide bonds. The average Bonchev–Trinajstić information content (AvgIpc) is 3.34. The van der Waals surface area contributed by atoms with Crippen LogP contribution in [0, 0.1) is 5.82 Å². The van der Waals surface area contributed by atoms with E-state index in [1.54, 1.807) is 47.0 Å². The Bertz CT molecular complexity index is 1060. The van der Waals surface area contributed by atoms with Gasteiger partial charge in [-0.15, -0.1) is 0 Å². The Morgan fingerprint density at radius 3 is 2.73 bits per heavy atom. The summed E-state index contributed by atoms with van der Waals surface area (Å²) in [6.07, 6.45) is 3.51. The van der Waals surface area contributed by atoms with Crippen LogP contribution in [-0.4, -0.2) is 38.7 Å². The van der Waals surface area contributed by atoms with Gasteiger partial charge in [-0.1, -0.05) is 18.2 Å². The molecule has 1 saturated heterocycles. The Kier molecular flexibility index (Phi) is 5.76. The summed E-state index contributed by atoms with van der Waals surface area (Å²) >= 11 is 5.55. The molecule has 1 fully saturated rings.